The zero-order valence-electron chi connectivity index (χ0n) is 14.0. The molecule has 1 unspecified atom stereocenters. The van der Waals surface area contributed by atoms with Crippen LogP contribution in [-0.2, 0) is 6.54 Å². The summed E-state index contributed by atoms with van der Waals surface area (Å²) in [7, 11) is 1.66. The van der Waals surface area contributed by atoms with Gasteiger partial charge in [-0.2, -0.15) is 0 Å². The second-order valence-corrected chi connectivity index (χ2v) is 7.32. The molecule has 3 aromatic rings. The molecule has 1 atom stereocenters. The van der Waals surface area contributed by atoms with Crippen molar-refractivity contribution < 1.29 is 9.84 Å². The van der Waals surface area contributed by atoms with E-state index in [4.69, 9.17) is 4.74 Å². The van der Waals surface area contributed by atoms with Gasteiger partial charge in [-0.15, -0.1) is 11.3 Å². The highest BCUT2D eigenvalue weighted by Gasteiger charge is 2.32. The van der Waals surface area contributed by atoms with E-state index in [0.29, 0.717) is 13.1 Å². The maximum Gasteiger partial charge on any atom is 0.151 e. The molecule has 2 N–H and O–H groups in total. The Kier molecular flexibility index (Phi) is 4.29. The monoisotopic (exact) mass is 356 g/mol. The summed E-state index contributed by atoms with van der Waals surface area (Å²) in [6.45, 7) is 1.99. The van der Waals surface area contributed by atoms with Crippen molar-refractivity contribution in [3.63, 3.8) is 0 Å². The van der Waals surface area contributed by atoms with Crippen LogP contribution < -0.4 is 10.1 Å². The van der Waals surface area contributed by atoms with Gasteiger partial charge in [0.1, 0.15) is 10.8 Å². The normalized spacial score (nSPS) is 20.1. The third-order valence-electron chi connectivity index (χ3n) is 4.44. The topological polar surface area (TPSA) is 72.2 Å². The number of β-amino-alcohol motifs (C(OH)–C–C–N with tert-alkyl or cyclic N) is 1. The van der Waals surface area contributed by atoms with Crippen molar-refractivity contribution in [3.05, 3.63) is 42.9 Å². The summed E-state index contributed by atoms with van der Waals surface area (Å²) >= 11 is 1.59. The SMILES string of the molecule is COc1cccc(-c2ncc(-c3nccn3CC3(O)CCNC3)s2)c1. The average Bonchev–Trinajstić information content (AvgIpc) is 3.36. The molecule has 3 heterocycles. The number of nitrogens with one attached hydrogen (secondary N) is 1. The molecule has 7 heteroatoms. The van der Waals surface area contributed by atoms with E-state index in [2.05, 4.69) is 15.3 Å². The highest BCUT2D eigenvalue weighted by molar-refractivity contribution is 7.18. The fourth-order valence-corrected chi connectivity index (χ4v) is 4.04. The summed E-state index contributed by atoms with van der Waals surface area (Å²) in [6, 6.07) is 7.87. The van der Waals surface area contributed by atoms with Gasteiger partial charge in [0, 0.05) is 30.7 Å². The van der Waals surface area contributed by atoms with E-state index >= 15 is 0 Å². The van der Waals surface area contributed by atoms with E-state index in [9.17, 15) is 5.11 Å². The quantitative estimate of drug-likeness (QED) is 0.734. The molecule has 0 bridgehead atoms. The number of methoxy groups -OCH3 is 1. The number of rotatable bonds is 5. The lowest BCUT2D eigenvalue weighted by Gasteiger charge is -2.22. The molecule has 130 valence electrons. The van der Waals surface area contributed by atoms with Gasteiger partial charge in [-0.3, -0.25) is 0 Å². The molecule has 0 amide bonds. The Morgan fingerprint density at radius 3 is 3.12 bits per heavy atom. The van der Waals surface area contributed by atoms with Crippen molar-refractivity contribution in [3.8, 4) is 27.0 Å². The van der Waals surface area contributed by atoms with Crippen LogP contribution in [0.15, 0.2) is 42.9 Å². The Morgan fingerprint density at radius 2 is 2.32 bits per heavy atom. The average molecular weight is 356 g/mol. The Balaban J connectivity index is 1.61. The molecule has 1 aromatic carbocycles. The van der Waals surface area contributed by atoms with Gasteiger partial charge >= 0.3 is 0 Å². The second-order valence-electron chi connectivity index (χ2n) is 6.29. The van der Waals surface area contributed by atoms with Gasteiger partial charge in [0.25, 0.3) is 0 Å². The fourth-order valence-electron chi connectivity index (χ4n) is 3.11. The lowest BCUT2D eigenvalue weighted by atomic mass is 10.0. The molecule has 4 rings (SSSR count). The van der Waals surface area contributed by atoms with E-state index in [1.807, 2.05) is 41.2 Å². The number of aliphatic hydroxyl groups is 1. The molecular weight excluding hydrogens is 336 g/mol. The minimum absolute atomic E-state index is 0.529. The second kappa shape index (κ2) is 6.59. The van der Waals surface area contributed by atoms with Gasteiger partial charge in [-0.05, 0) is 25.1 Å². The summed E-state index contributed by atoms with van der Waals surface area (Å²) in [5.74, 6) is 1.65. The minimum atomic E-state index is -0.713. The van der Waals surface area contributed by atoms with Crippen molar-refractivity contribution in [1.82, 2.24) is 19.9 Å². The fraction of sp³-hybridized carbons (Fsp3) is 0.333. The summed E-state index contributed by atoms with van der Waals surface area (Å²) in [4.78, 5) is 10.0. The lowest BCUT2D eigenvalue weighted by Crippen LogP contribution is -2.36. The molecule has 2 aromatic heterocycles. The minimum Gasteiger partial charge on any atom is -0.497 e. The van der Waals surface area contributed by atoms with E-state index in [-0.39, 0.29) is 0 Å². The van der Waals surface area contributed by atoms with Gasteiger partial charge in [0.05, 0.1) is 24.1 Å². The van der Waals surface area contributed by atoms with Crippen LogP contribution in [-0.4, -0.2) is 45.4 Å². The van der Waals surface area contributed by atoms with Crippen LogP contribution in [0.3, 0.4) is 0 Å². The smallest absolute Gasteiger partial charge is 0.151 e. The number of hydrogen-bond donors (Lipinski definition) is 2. The first-order valence-corrected chi connectivity index (χ1v) is 9.03. The van der Waals surface area contributed by atoms with Gasteiger partial charge < -0.3 is 19.7 Å². The molecule has 25 heavy (non-hydrogen) atoms. The number of thiazole rings is 1. The molecule has 1 fully saturated rings. The Labute approximate surface area is 150 Å². The number of imidazole rings is 1. The molecule has 0 radical (unpaired) electrons. The van der Waals surface area contributed by atoms with Crippen LogP contribution in [0.5, 0.6) is 5.75 Å². The highest BCUT2D eigenvalue weighted by atomic mass is 32.1. The van der Waals surface area contributed by atoms with Crippen LogP contribution in [0.4, 0.5) is 0 Å². The Morgan fingerprint density at radius 1 is 1.40 bits per heavy atom. The molecule has 0 saturated carbocycles. The number of ether oxygens (including phenoxy) is 1. The molecule has 0 spiro atoms. The summed E-state index contributed by atoms with van der Waals surface area (Å²) in [5, 5.41) is 14.8. The summed E-state index contributed by atoms with van der Waals surface area (Å²) in [5.41, 5.74) is 0.308. The van der Waals surface area contributed by atoms with E-state index < -0.39 is 5.60 Å². The van der Waals surface area contributed by atoms with Crippen LogP contribution in [0, 0.1) is 0 Å². The molecule has 1 aliphatic heterocycles. The third-order valence-corrected chi connectivity index (χ3v) is 5.49. The molecule has 1 saturated heterocycles. The maximum atomic E-state index is 10.6. The van der Waals surface area contributed by atoms with Crippen molar-refractivity contribution in [2.45, 2.75) is 18.6 Å². The third kappa shape index (κ3) is 3.30. The lowest BCUT2D eigenvalue weighted by molar-refractivity contribution is 0.0436. The van der Waals surface area contributed by atoms with Crippen molar-refractivity contribution in [2.24, 2.45) is 0 Å². The van der Waals surface area contributed by atoms with Crippen LogP contribution in [0.25, 0.3) is 21.3 Å². The highest BCUT2D eigenvalue weighted by Crippen LogP contribution is 2.33. The van der Waals surface area contributed by atoms with Crippen molar-refractivity contribution in [1.29, 1.82) is 0 Å². The van der Waals surface area contributed by atoms with Crippen LogP contribution in [0.2, 0.25) is 0 Å². The predicted octanol–water partition coefficient (Wildman–Crippen LogP) is 2.41. The zero-order valence-corrected chi connectivity index (χ0v) is 14.8. The summed E-state index contributed by atoms with van der Waals surface area (Å²) < 4.78 is 7.30. The number of nitrogens with zero attached hydrogens (tertiary/aromatic N) is 3. The number of hydrogen-bond acceptors (Lipinski definition) is 6. The predicted molar refractivity (Wildman–Crippen MR) is 97.8 cm³/mol. The first-order valence-electron chi connectivity index (χ1n) is 8.22. The molecule has 1 aliphatic rings. The maximum absolute atomic E-state index is 10.6. The van der Waals surface area contributed by atoms with Gasteiger partial charge in [-0.1, -0.05) is 12.1 Å². The van der Waals surface area contributed by atoms with Gasteiger partial charge in [0.2, 0.25) is 0 Å². The summed E-state index contributed by atoms with van der Waals surface area (Å²) in [6.07, 6.45) is 6.28. The largest absolute Gasteiger partial charge is 0.497 e. The van der Waals surface area contributed by atoms with Crippen LogP contribution in [0.1, 0.15) is 6.42 Å². The molecule has 6 nitrogen and oxygen atoms in total. The van der Waals surface area contributed by atoms with Crippen molar-refractivity contribution in [2.75, 3.05) is 20.2 Å². The number of benzene rings is 1. The Bertz CT molecular complexity index is 867. The first-order chi connectivity index (χ1) is 12.2. The van der Waals surface area contributed by atoms with E-state index in [1.165, 1.54) is 0 Å². The van der Waals surface area contributed by atoms with Gasteiger partial charge in [0.15, 0.2) is 5.82 Å². The zero-order chi connectivity index (χ0) is 17.3. The van der Waals surface area contributed by atoms with Crippen molar-refractivity contribution >= 4 is 11.3 Å². The van der Waals surface area contributed by atoms with E-state index in [1.54, 1.807) is 24.6 Å². The molecule has 0 aliphatic carbocycles. The first kappa shape index (κ1) is 16.3. The standard InChI is InChI=1S/C18H20N4O2S/c1-24-14-4-2-3-13(9-14)17-21-10-15(25-17)16-20-7-8-22(16)12-18(23)5-6-19-11-18/h2-4,7-10,19,23H,5-6,11-12H2,1H3. The van der Waals surface area contributed by atoms with E-state index in [0.717, 1.165) is 40.0 Å². The van der Waals surface area contributed by atoms with Crippen LogP contribution >= 0.6 is 11.3 Å². The van der Waals surface area contributed by atoms with Gasteiger partial charge in [-0.25, -0.2) is 9.97 Å². The molecular formula is C18H20N4O2S. The number of aromatic nitrogens is 3. The Hall–Kier alpha value is -2.22.